The van der Waals surface area contributed by atoms with Crippen molar-refractivity contribution in [1.82, 2.24) is 5.01 Å². The van der Waals surface area contributed by atoms with E-state index in [-0.39, 0.29) is 23.7 Å². The number of benzene rings is 2. The molecule has 1 aliphatic carbocycles. The zero-order chi connectivity index (χ0) is 17.6. The van der Waals surface area contributed by atoms with E-state index in [1.54, 1.807) is 13.2 Å². The number of methoxy groups -OCH3 is 1. The molecular weight excluding hydrogens is 319 g/mol. The second-order valence-corrected chi connectivity index (χ2v) is 6.52. The quantitative estimate of drug-likeness (QED) is 0.838. The molecule has 0 aromatic heterocycles. The summed E-state index contributed by atoms with van der Waals surface area (Å²) in [6.45, 7) is 1.50. The number of halogens is 1. The van der Waals surface area contributed by atoms with Gasteiger partial charge < -0.3 is 4.74 Å². The molecule has 0 saturated carbocycles. The molecule has 0 bridgehead atoms. The van der Waals surface area contributed by atoms with Gasteiger partial charge in [0.05, 0.1) is 18.9 Å². The molecule has 128 valence electrons. The molecule has 2 unspecified atom stereocenters. The molecule has 2 aromatic carbocycles. The Labute approximate surface area is 145 Å². The van der Waals surface area contributed by atoms with Gasteiger partial charge in [-0.25, -0.2) is 9.40 Å². The van der Waals surface area contributed by atoms with E-state index in [9.17, 15) is 9.18 Å². The van der Waals surface area contributed by atoms with Gasteiger partial charge in [0.15, 0.2) is 0 Å². The maximum Gasteiger partial charge on any atom is 0.240 e. The summed E-state index contributed by atoms with van der Waals surface area (Å²) in [5.74, 6) is 0.467. The van der Waals surface area contributed by atoms with Crippen LogP contribution in [0.5, 0.6) is 5.75 Å². The standard InChI is InChI=1S/C20H19FN2O2/c1-12(24)23-20(14-4-3-5-15(21)10-14)18-8-6-13-11-16(25-2)7-9-17(13)19(18)22-23/h3-5,7,9-11,18,20H,6,8H2,1-2H3. The number of ether oxygens (including phenoxy) is 1. The molecule has 2 aromatic rings. The predicted molar refractivity (Wildman–Crippen MR) is 93.0 cm³/mol. The summed E-state index contributed by atoms with van der Waals surface area (Å²) in [6, 6.07) is 12.2. The minimum Gasteiger partial charge on any atom is -0.497 e. The largest absolute Gasteiger partial charge is 0.497 e. The summed E-state index contributed by atoms with van der Waals surface area (Å²) in [7, 11) is 1.65. The smallest absolute Gasteiger partial charge is 0.240 e. The van der Waals surface area contributed by atoms with E-state index in [0.29, 0.717) is 0 Å². The number of carbonyl (C=O) groups is 1. The summed E-state index contributed by atoms with van der Waals surface area (Å²) < 4.78 is 19.0. The Morgan fingerprint density at radius 2 is 2.12 bits per heavy atom. The Bertz CT molecular complexity index is 878. The van der Waals surface area contributed by atoms with Crippen molar-refractivity contribution in [1.29, 1.82) is 0 Å². The first kappa shape index (κ1) is 15.8. The highest BCUT2D eigenvalue weighted by Gasteiger charge is 2.43. The normalized spacial score (nSPS) is 21.4. The molecule has 1 aliphatic heterocycles. The number of rotatable bonds is 2. The van der Waals surface area contributed by atoms with Crippen LogP contribution in [0.2, 0.25) is 0 Å². The van der Waals surface area contributed by atoms with Crippen LogP contribution in [0, 0.1) is 11.7 Å². The topological polar surface area (TPSA) is 41.9 Å². The molecule has 0 spiro atoms. The van der Waals surface area contributed by atoms with Gasteiger partial charge >= 0.3 is 0 Å². The molecule has 5 heteroatoms. The van der Waals surface area contributed by atoms with E-state index in [4.69, 9.17) is 4.74 Å². The zero-order valence-corrected chi connectivity index (χ0v) is 14.2. The molecule has 0 saturated heterocycles. The Balaban J connectivity index is 1.79. The summed E-state index contributed by atoms with van der Waals surface area (Å²) in [5, 5.41) is 6.14. The average molecular weight is 338 g/mol. The molecule has 2 aliphatic rings. The highest BCUT2D eigenvalue weighted by Crippen LogP contribution is 2.43. The van der Waals surface area contributed by atoms with Gasteiger partial charge in [-0.1, -0.05) is 12.1 Å². The van der Waals surface area contributed by atoms with Gasteiger partial charge in [-0.15, -0.1) is 0 Å². The number of carbonyl (C=O) groups excluding carboxylic acids is 1. The number of nitrogens with zero attached hydrogens (tertiary/aromatic N) is 2. The van der Waals surface area contributed by atoms with Gasteiger partial charge in [0, 0.05) is 18.4 Å². The lowest BCUT2D eigenvalue weighted by Crippen LogP contribution is -2.31. The van der Waals surface area contributed by atoms with Crippen molar-refractivity contribution in [2.75, 3.05) is 7.11 Å². The lowest BCUT2D eigenvalue weighted by molar-refractivity contribution is -0.131. The Kier molecular flexibility index (Phi) is 3.79. The van der Waals surface area contributed by atoms with Crippen LogP contribution in [0.25, 0.3) is 0 Å². The van der Waals surface area contributed by atoms with Crippen LogP contribution < -0.4 is 4.74 Å². The average Bonchev–Trinajstić information content (AvgIpc) is 3.01. The van der Waals surface area contributed by atoms with Crippen LogP contribution >= 0.6 is 0 Å². The fourth-order valence-electron chi connectivity index (χ4n) is 3.92. The molecule has 4 nitrogen and oxygen atoms in total. The summed E-state index contributed by atoms with van der Waals surface area (Å²) in [4.78, 5) is 12.2. The van der Waals surface area contributed by atoms with E-state index in [1.165, 1.54) is 29.6 Å². The van der Waals surface area contributed by atoms with Gasteiger partial charge in [-0.05, 0) is 54.3 Å². The fourth-order valence-corrected chi connectivity index (χ4v) is 3.92. The molecule has 1 heterocycles. The van der Waals surface area contributed by atoms with Gasteiger partial charge in [0.2, 0.25) is 5.91 Å². The fraction of sp³-hybridized carbons (Fsp3) is 0.300. The highest BCUT2D eigenvalue weighted by molar-refractivity contribution is 6.06. The molecule has 25 heavy (non-hydrogen) atoms. The lowest BCUT2D eigenvalue weighted by atomic mass is 9.77. The first-order chi connectivity index (χ1) is 12.1. The maximum absolute atomic E-state index is 13.7. The van der Waals surface area contributed by atoms with E-state index < -0.39 is 0 Å². The van der Waals surface area contributed by atoms with Gasteiger partial charge in [-0.2, -0.15) is 5.10 Å². The third kappa shape index (κ3) is 2.60. The summed E-state index contributed by atoms with van der Waals surface area (Å²) in [6.07, 6.45) is 1.75. The molecule has 1 amide bonds. The van der Waals surface area contributed by atoms with Crippen LogP contribution in [0.15, 0.2) is 47.6 Å². The second kappa shape index (κ2) is 5.99. The van der Waals surface area contributed by atoms with Crippen LogP contribution in [0.3, 0.4) is 0 Å². The number of hydrogen-bond donors (Lipinski definition) is 0. The molecule has 0 N–H and O–H groups in total. The maximum atomic E-state index is 13.7. The van der Waals surface area contributed by atoms with Crippen molar-refractivity contribution in [3.05, 3.63) is 65.0 Å². The number of aryl methyl sites for hydroxylation is 1. The first-order valence-corrected chi connectivity index (χ1v) is 8.39. The van der Waals surface area contributed by atoms with E-state index in [1.807, 2.05) is 24.3 Å². The van der Waals surface area contributed by atoms with Gasteiger partial charge in [0.25, 0.3) is 0 Å². The molecule has 0 radical (unpaired) electrons. The van der Waals surface area contributed by atoms with Crippen LogP contribution in [-0.2, 0) is 11.2 Å². The third-order valence-electron chi connectivity index (χ3n) is 5.04. The molecule has 4 rings (SSSR count). The van der Waals surface area contributed by atoms with Crippen molar-refractivity contribution < 1.29 is 13.9 Å². The van der Waals surface area contributed by atoms with Crippen molar-refractivity contribution in [3.63, 3.8) is 0 Å². The number of hydrazone groups is 1. The highest BCUT2D eigenvalue weighted by atomic mass is 19.1. The van der Waals surface area contributed by atoms with E-state index in [0.717, 1.165) is 35.4 Å². The summed E-state index contributed by atoms with van der Waals surface area (Å²) in [5.41, 5.74) is 3.93. The number of fused-ring (bicyclic) bond motifs is 3. The zero-order valence-electron chi connectivity index (χ0n) is 14.2. The SMILES string of the molecule is COc1ccc2c(c1)CCC1C2=NN(C(C)=O)C1c1cccc(F)c1. The van der Waals surface area contributed by atoms with Crippen molar-refractivity contribution in [2.45, 2.75) is 25.8 Å². The van der Waals surface area contributed by atoms with E-state index >= 15 is 0 Å². The minimum absolute atomic E-state index is 0.0756. The third-order valence-corrected chi connectivity index (χ3v) is 5.04. The van der Waals surface area contributed by atoms with Crippen LogP contribution in [0.1, 0.15) is 36.1 Å². The lowest BCUT2D eigenvalue weighted by Gasteiger charge is -2.29. The van der Waals surface area contributed by atoms with Crippen molar-refractivity contribution in [2.24, 2.45) is 11.0 Å². The van der Waals surface area contributed by atoms with Crippen molar-refractivity contribution >= 4 is 11.6 Å². The van der Waals surface area contributed by atoms with E-state index in [2.05, 4.69) is 5.10 Å². The molecule has 0 fully saturated rings. The minimum atomic E-state index is -0.296. The predicted octanol–water partition coefficient (Wildman–Crippen LogP) is 3.70. The summed E-state index contributed by atoms with van der Waals surface area (Å²) >= 11 is 0. The Morgan fingerprint density at radius 3 is 2.84 bits per heavy atom. The second-order valence-electron chi connectivity index (χ2n) is 6.52. The monoisotopic (exact) mass is 338 g/mol. The first-order valence-electron chi connectivity index (χ1n) is 8.39. The van der Waals surface area contributed by atoms with Crippen LogP contribution in [0.4, 0.5) is 4.39 Å². The number of amides is 1. The van der Waals surface area contributed by atoms with Gasteiger partial charge in [0.1, 0.15) is 11.6 Å². The number of hydrogen-bond acceptors (Lipinski definition) is 3. The Hall–Kier alpha value is -2.69. The van der Waals surface area contributed by atoms with Gasteiger partial charge in [-0.3, -0.25) is 4.79 Å². The Morgan fingerprint density at radius 1 is 1.28 bits per heavy atom. The molecule has 2 atom stereocenters. The van der Waals surface area contributed by atoms with Crippen molar-refractivity contribution in [3.8, 4) is 5.75 Å². The molecular formula is C20H19FN2O2. The van der Waals surface area contributed by atoms with Crippen LogP contribution in [-0.4, -0.2) is 23.7 Å².